The highest BCUT2D eigenvalue weighted by molar-refractivity contribution is 6.29. The number of hydrazine groups is 1. The average molecular weight is 254 g/mol. The van der Waals surface area contributed by atoms with Crippen molar-refractivity contribution in [3.8, 4) is 5.75 Å². The van der Waals surface area contributed by atoms with E-state index in [0.29, 0.717) is 11.0 Å². The summed E-state index contributed by atoms with van der Waals surface area (Å²) in [5, 5.41) is 0.302. The van der Waals surface area contributed by atoms with E-state index in [1.54, 1.807) is 25.6 Å². The van der Waals surface area contributed by atoms with Crippen molar-refractivity contribution in [2.75, 3.05) is 7.11 Å². The molecule has 1 unspecified atom stereocenters. The molecule has 2 heterocycles. The lowest BCUT2D eigenvalue weighted by Crippen LogP contribution is -2.28. The molecule has 1 atom stereocenters. The van der Waals surface area contributed by atoms with Crippen LogP contribution in [0.2, 0.25) is 5.22 Å². The molecule has 0 spiro atoms. The fraction of sp³-hybridized carbons (Fsp3) is 0.182. The van der Waals surface area contributed by atoms with Crippen LogP contribution in [0.3, 0.4) is 0 Å². The molecule has 6 heteroatoms. The van der Waals surface area contributed by atoms with E-state index in [1.807, 2.05) is 6.07 Å². The molecule has 0 aliphatic rings. The monoisotopic (exact) mass is 253 g/mol. The van der Waals surface area contributed by atoms with E-state index in [0.717, 1.165) is 11.1 Å². The minimum absolute atomic E-state index is 0.288. The molecule has 2 rings (SSSR count). The van der Waals surface area contributed by atoms with Gasteiger partial charge in [0, 0.05) is 11.8 Å². The maximum atomic E-state index is 5.92. The van der Waals surface area contributed by atoms with E-state index in [4.69, 9.17) is 26.6 Å². The lowest BCUT2D eigenvalue weighted by Gasteiger charge is -2.15. The number of nitrogens with one attached hydrogen (secondary N) is 1. The molecule has 0 fully saturated rings. The quantitative estimate of drug-likeness (QED) is 0.643. The molecule has 17 heavy (non-hydrogen) atoms. The van der Waals surface area contributed by atoms with Gasteiger partial charge in [-0.25, -0.2) is 5.43 Å². The van der Waals surface area contributed by atoms with Crippen molar-refractivity contribution < 1.29 is 9.15 Å². The summed E-state index contributed by atoms with van der Waals surface area (Å²) in [6.45, 7) is 0. The number of rotatable bonds is 4. The van der Waals surface area contributed by atoms with Gasteiger partial charge in [-0.2, -0.15) is 0 Å². The second-order valence-corrected chi connectivity index (χ2v) is 3.75. The van der Waals surface area contributed by atoms with Crippen LogP contribution in [0.15, 0.2) is 35.2 Å². The second kappa shape index (κ2) is 5.18. The van der Waals surface area contributed by atoms with Crippen molar-refractivity contribution in [3.05, 3.63) is 47.1 Å². The number of hydrogen-bond donors (Lipinski definition) is 2. The van der Waals surface area contributed by atoms with Crippen LogP contribution >= 0.6 is 11.6 Å². The van der Waals surface area contributed by atoms with Crippen molar-refractivity contribution in [2.24, 2.45) is 5.84 Å². The molecule has 2 aromatic heterocycles. The highest BCUT2D eigenvalue weighted by Crippen LogP contribution is 2.29. The van der Waals surface area contributed by atoms with Gasteiger partial charge in [0.05, 0.1) is 25.6 Å². The van der Waals surface area contributed by atoms with Gasteiger partial charge in [0.2, 0.25) is 0 Å². The molecule has 0 aromatic carbocycles. The molecular weight excluding hydrogens is 242 g/mol. The predicted molar refractivity (Wildman–Crippen MR) is 63.7 cm³/mol. The van der Waals surface area contributed by atoms with E-state index >= 15 is 0 Å². The van der Waals surface area contributed by atoms with Crippen molar-refractivity contribution in [1.82, 2.24) is 10.4 Å². The number of hydrogen-bond acceptors (Lipinski definition) is 5. The fourth-order valence-corrected chi connectivity index (χ4v) is 1.80. The van der Waals surface area contributed by atoms with Crippen molar-refractivity contribution in [2.45, 2.75) is 6.04 Å². The van der Waals surface area contributed by atoms with Crippen LogP contribution in [0.1, 0.15) is 17.2 Å². The molecule has 0 radical (unpaired) electrons. The third-order valence-corrected chi connectivity index (χ3v) is 2.73. The van der Waals surface area contributed by atoms with Gasteiger partial charge in [-0.3, -0.25) is 10.8 Å². The van der Waals surface area contributed by atoms with Crippen LogP contribution in [0, 0.1) is 0 Å². The van der Waals surface area contributed by atoms with Crippen LogP contribution in [-0.4, -0.2) is 12.1 Å². The normalized spacial score (nSPS) is 12.4. The molecule has 2 aromatic rings. The summed E-state index contributed by atoms with van der Waals surface area (Å²) in [5.74, 6) is 6.19. The molecule has 0 amide bonds. The van der Waals surface area contributed by atoms with Gasteiger partial charge < -0.3 is 9.15 Å². The first-order chi connectivity index (χ1) is 8.26. The Morgan fingerprint density at radius 2 is 2.35 bits per heavy atom. The molecular formula is C11H12ClN3O2. The zero-order valence-electron chi connectivity index (χ0n) is 9.18. The third-order valence-electron chi connectivity index (χ3n) is 2.43. The Labute approximate surface area is 104 Å². The first-order valence-corrected chi connectivity index (χ1v) is 5.32. The summed E-state index contributed by atoms with van der Waals surface area (Å²) in [6.07, 6.45) is 4.82. The van der Waals surface area contributed by atoms with Crippen LogP contribution in [-0.2, 0) is 0 Å². The Morgan fingerprint density at radius 3 is 2.94 bits per heavy atom. The van der Waals surface area contributed by atoms with Gasteiger partial charge in [-0.1, -0.05) is 0 Å². The van der Waals surface area contributed by atoms with Gasteiger partial charge in [-0.05, 0) is 29.3 Å². The van der Waals surface area contributed by atoms with Crippen molar-refractivity contribution in [1.29, 1.82) is 0 Å². The number of aromatic nitrogens is 1. The number of pyridine rings is 1. The maximum Gasteiger partial charge on any atom is 0.198 e. The first-order valence-electron chi connectivity index (χ1n) is 4.94. The van der Waals surface area contributed by atoms with E-state index in [-0.39, 0.29) is 6.04 Å². The van der Waals surface area contributed by atoms with Crippen molar-refractivity contribution >= 4 is 11.6 Å². The summed E-state index contributed by atoms with van der Waals surface area (Å²) in [7, 11) is 1.58. The SMILES string of the molecule is COc1cncc(C(NN)c2ccoc2Cl)c1. The molecule has 0 aliphatic carbocycles. The number of halogens is 1. The minimum Gasteiger partial charge on any atom is -0.495 e. The van der Waals surface area contributed by atoms with Crippen LogP contribution in [0.25, 0.3) is 0 Å². The zero-order chi connectivity index (χ0) is 12.3. The summed E-state index contributed by atoms with van der Waals surface area (Å²) in [4.78, 5) is 4.07. The van der Waals surface area contributed by atoms with Crippen LogP contribution < -0.4 is 16.0 Å². The molecule has 5 nitrogen and oxygen atoms in total. The van der Waals surface area contributed by atoms with Gasteiger partial charge in [0.25, 0.3) is 0 Å². The number of methoxy groups -OCH3 is 1. The van der Waals surface area contributed by atoms with Crippen LogP contribution in [0.5, 0.6) is 5.75 Å². The Morgan fingerprint density at radius 1 is 1.53 bits per heavy atom. The highest BCUT2D eigenvalue weighted by atomic mass is 35.5. The zero-order valence-corrected chi connectivity index (χ0v) is 9.94. The lowest BCUT2D eigenvalue weighted by atomic mass is 10.0. The molecule has 0 saturated heterocycles. The third kappa shape index (κ3) is 2.41. The Hall–Kier alpha value is -1.56. The summed E-state index contributed by atoms with van der Waals surface area (Å²) in [6, 6.07) is 3.30. The van der Waals surface area contributed by atoms with E-state index in [1.165, 1.54) is 6.26 Å². The summed E-state index contributed by atoms with van der Waals surface area (Å²) in [5.41, 5.74) is 4.27. The van der Waals surface area contributed by atoms with Gasteiger partial charge in [-0.15, -0.1) is 0 Å². The molecule has 3 N–H and O–H groups in total. The average Bonchev–Trinajstić information content (AvgIpc) is 2.77. The number of nitrogens with zero attached hydrogens (tertiary/aromatic N) is 1. The summed E-state index contributed by atoms with van der Waals surface area (Å²) < 4.78 is 10.2. The molecule has 0 bridgehead atoms. The van der Waals surface area contributed by atoms with E-state index in [2.05, 4.69) is 10.4 Å². The van der Waals surface area contributed by atoms with Crippen LogP contribution in [0.4, 0.5) is 0 Å². The van der Waals surface area contributed by atoms with Gasteiger partial charge in [0.1, 0.15) is 5.75 Å². The van der Waals surface area contributed by atoms with E-state index in [9.17, 15) is 0 Å². The van der Waals surface area contributed by atoms with Crippen molar-refractivity contribution in [3.63, 3.8) is 0 Å². The summed E-state index contributed by atoms with van der Waals surface area (Å²) >= 11 is 5.92. The first kappa shape index (κ1) is 11.9. The van der Waals surface area contributed by atoms with E-state index < -0.39 is 0 Å². The highest BCUT2D eigenvalue weighted by Gasteiger charge is 2.18. The topological polar surface area (TPSA) is 73.3 Å². The number of ether oxygens (including phenoxy) is 1. The lowest BCUT2D eigenvalue weighted by molar-refractivity contribution is 0.411. The minimum atomic E-state index is -0.288. The number of nitrogens with two attached hydrogens (primary N) is 1. The number of furan rings is 1. The largest absolute Gasteiger partial charge is 0.495 e. The standard InChI is InChI=1S/C11H12ClN3O2/c1-16-8-4-7(5-14-6-8)10(15-13)9-2-3-17-11(9)12/h2-6,10,15H,13H2,1H3. The Kier molecular flexibility index (Phi) is 3.63. The Balaban J connectivity index is 2.38. The second-order valence-electron chi connectivity index (χ2n) is 3.41. The molecule has 90 valence electrons. The van der Waals surface area contributed by atoms with Gasteiger partial charge >= 0.3 is 0 Å². The molecule has 0 saturated carbocycles. The fourth-order valence-electron chi connectivity index (χ4n) is 1.58. The molecule has 0 aliphatic heterocycles. The van der Waals surface area contributed by atoms with Gasteiger partial charge in [0.15, 0.2) is 5.22 Å². The smallest absolute Gasteiger partial charge is 0.198 e. The predicted octanol–water partition coefficient (Wildman–Crippen LogP) is 1.89. The maximum absolute atomic E-state index is 5.92. The Bertz CT molecular complexity index is 501.